The number of nitrogens with zero attached hydrogens (tertiary/aromatic N) is 1. The van der Waals surface area contributed by atoms with E-state index in [1.54, 1.807) is 0 Å². The van der Waals surface area contributed by atoms with Gasteiger partial charge < -0.3 is 9.47 Å². The van der Waals surface area contributed by atoms with Crippen LogP contribution < -0.4 is 0 Å². The zero-order chi connectivity index (χ0) is 15.4. The van der Waals surface area contributed by atoms with Gasteiger partial charge in [-0.25, -0.2) is 4.98 Å². The highest BCUT2D eigenvalue weighted by Crippen LogP contribution is 2.28. The number of hydrogen-bond acceptors (Lipinski definition) is 5. The van der Waals surface area contributed by atoms with Gasteiger partial charge in [-0.1, -0.05) is 23.8 Å². The summed E-state index contributed by atoms with van der Waals surface area (Å²) in [5.41, 5.74) is 2.91. The van der Waals surface area contributed by atoms with Crippen LogP contribution in [0.25, 0.3) is 10.6 Å². The van der Waals surface area contributed by atoms with Crippen LogP contribution in [0.2, 0.25) is 0 Å². The van der Waals surface area contributed by atoms with Gasteiger partial charge in [0.05, 0.1) is 17.2 Å². The van der Waals surface area contributed by atoms with Crippen LogP contribution in [0, 0.1) is 6.92 Å². The minimum absolute atomic E-state index is 0.169. The largest absolute Gasteiger partial charge is 0.353 e. The molecule has 1 atom stereocenters. The third-order valence-corrected chi connectivity index (χ3v) is 4.72. The zero-order valence-electron chi connectivity index (χ0n) is 12.6. The summed E-state index contributed by atoms with van der Waals surface area (Å²) < 4.78 is 11.3. The number of benzene rings is 1. The number of hydrogen-bond donors (Lipinski definition) is 0. The standard InChI is InChI=1S/C17H19NO3S/c1-12-5-4-6-13(9-12)17-18-14(15(10-19)22-17)11-21-16-7-2-3-8-20-16/h4-6,9-10,16H,2-3,7-8,11H2,1H3. The zero-order valence-corrected chi connectivity index (χ0v) is 13.4. The Labute approximate surface area is 134 Å². The van der Waals surface area contributed by atoms with Gasteiger partial charge in [-0.3, -0.25) is 4.79 Å². The molecule has 22 heavy (non-hydrogen) atoms. The normalized spacial score (nSPS) is 18.3. The number of rotatable bonds is 5. The average Bonchev–Trinajstić information content (AvgIpc) is 2.97. The van der Waals surface area contributed by atoms with Gasteiger partial charge in [0.1, 0.15) is 5.01 Å². The van der Waals surface area contributed by atoms with Gasteiger partial charge in [-0.2, -0.15) is 0 Å². The molecule has 0 spiro atoms. The molecule has 0 aliphatic carbocycles. The van der Waals surface area contributed by atoms with E-state index in [0.29, 0.717) is 17.2 Å². The van der Waals surface area contributed by atoms with E-state index < -0.39 is 0 Å². The molecule has 0 N–H and O–H groups in total. The van der Waals surface area contributed by atoms with Crippen molar-refractivity contribution in [3.63, 3.8) is 0 Å². The first-order chi connectivity index (χ1) is 10.8. The van der Waals surface area contributed by atoms with Crippen LogP contribution in [0.1, 0.15) is 40.2 Å². The lowest BCUT2D eigenvalue weighted by molar-refractivity contribution is -0.169. The lowest BCUT2D eigenvalue weighted by atomic mass is 10.1. The molecule has 0 saturated carbocycles. The van der Waals surface area contributed by atoms with E-state index >= 15 is 0 Å². The topological polar surface area (TPSA) is 48.4 Å². The first-order valence-electron chi connectivity index (χ1n) is 7.51. The highest BCUT2D eigenvalue weighted by Gasteiger charge is 2.17. The van der Waals surface area contributed by atoms with Crippen molar-refractivity contribution in [2.75, 3.05) is 6.61 Å². The molecule has 4 nitrogen and oxygen atoms in total. The lowest BCUT2D eigenvalue weighted by Crippen LogP contribution is -2.22. The van der Waals surface area contributed by atoms with Gasteiger partial charge in [-0.05, 0) is 32.3 Å². The molecule has 1 unspecified atom stereocenters. The van der Waals surface area contributed by atoms with Crippen molar-refractivity contribution >= 4 is 17.6 Å². The molecule has 3 rings (SSSR count). The molecule has 1 aliphatic rings. The van der Waals surface area contributed by atoms with Crippen LogP contribution in [-0.4, -0.2) is 24.2 Å². The van der Waals surface area contributed by atoms with Crippen LogP contribution >= 0.6 is 11.3 Å². The van der Waals surface area contributed by atoms with Crippen LogP contribution in [0.3, 0.4) is 0 Å². The fourth-order valence-electron chi connectivity index (χ4n) is 2.48. The summed E-state index contributed by atoms with van der Waals surface area (Å²) in [6, 6.07) is 8.12. The summed E-state index contributed by atoms with van der Waals surface area (Å²) in [4.78, 5) is 16.5. The summed E-state index contributed by atoms with van der Waals surface area (Å²) >= 11 is 1.41. The Balaban J connectivity index is 1.75. The predicted molar refractivity (Wildman–Crippen MR) is 86.1 cm³/mol. The van der Waals surface area contributed by atoms with Crippen LogP contribution in [0.4, 0.5) is 0 Å². The van der Waals surface area contributed by atoms with E-state index in [0.717, 1.165) is 42.7 Å². The Morgan fingerprint density at radius 3 is 3.09 bits per heavy atom. The van der Waals surface area contributed by atoms with Gasteiger partial charge in [-0.15, -0.1) is 11.3 Å². The highest BCUT2D eigenvalue weighted by atomic mass is 32.1. The van der Waals surface area contributed by atoms with Gasteiger partial charge in [0.2, 0.25) is 0 Å². The first-order valence-corrected chi connectivity index (χ1v) is 8.33. The Morgan fingerprint density at radius 1 is 1.45 bits per heavy atom. The summed E-state index contributed by atoms with van der Waals surface area (Å²) in [5.74, 6) is 0. The van der Waals surface area contributed by atoms with Crippen molar-refractivity contribution in [2.45, 2.75) is 39.1 Å². The maximum Gasteiger partial charge on any atom is 0.162 e. The van der Waals surface area contributed by atoms with E-state index in [2.05, 4.69) is 11.1 Å². The van der Waals surface area contributed by atoms with Crippen molar-refractivity contribution in [3.8, 4) is 10.6 Å². The summed E-state index contributed by atoms with van der Waals surface area (Å²) in [6.07, 6.45) is 3.81. The Hall–Kier alpha value is -1.56. The number of aromatic nitrogens is 1. The van der Waals surface area contributed by atoms with E-state index in [1.165, 1.54) is 16.9 Å². The molecule has 1 saturated heterocycles. The number of carbonyl (C=O) groups excluding carboxylic acids is 1. The monoisotopic (exact) mass is 317 g/mol. The van der Waals surface area contributed by atoms with Crippen LogP contribution in [0.5, 0.6) is 0 Å². The van der Waals surface area contributed by atoms with Gasteiger partial charge >= 0.3 is 0 Å². The molecule has 116 valence electrons. The molecule has 2 aromatic rings. The molecule has 1 aromatic heterocycles. The SMILES string of the molecule is Cc1cccc(-c2nc(COC3CCCCO3)c(C=O)s2)c1. The molecule has 1 fully saturated rings. The smallest absolute Gasteiger partial charge is 0.162 e. The van der Waals surface area contributed by atoms with Crippen LogP contribution in [0.15, 0.2) is 24.3 Å². The lowest BCUT2D eigenvalue weighted by Gasteiger charge is -2.22. The Bertz CT molecular complexity index is 647. The van der Waals surface area contributed by atoms with Crippen LogP contribution in [-0.2, 0) is 16.1 Å². The Morgan fingerprint density at radius 2 is 2.36 bits per heavy atom. The number of aryl methyl sites for hydroxylation is 1. The highest BCUT2D eigenvalue weighted by molar-refractivity contribution is 7.16. The van der Waals surface area contributed by atoms with Crippen molar-refractivity contribution in [1.29, 1.82) is 0 Å². The minimum atomic E-state index is -0.169. The van der Waals surface area contributed by atoms with Crippen molar-refractivity contribution < 1.29 is 14.3 Å². The molecule has 0 amide bonds. The second-order valence-electron chi connectivity index (χ2n) is 5.42. The number of ether oxygens (including phenoxy) is 2. The number of thiazole rings is 1. The third kappa shape index (κ3) is 3.61. The molecule has 2 heterocycles. The summed E-state index contributed by atoms with van der Waals surface area (Å²) in [6.45, 7) is 3.11. The summed E-state index contributed by atoms with van der Waals surface area (Å²) in [5, 5.41) is 0.856. The van der Waals surface area contributed by atoms with E-state index in [1.807, 2.05) is 25.1 Å². The van der Waals surface area contributed by atoms with Gasteiger partial charge in [0, 0.05) is 12.2 Å². The fourth-order valence-corrected chi connectivity index (χ4v) is 3.35. The number of aldehydes is 1. The van der Waals surface area contributed by atoms with Gasteiger partial charge in [0.15, 0.2) is 12.6 Å². The summed E-state index contributed by atoms with van der Waals surface area (Å²) in [7, 11) is 0. The molecular formula is C17H19NO3S. The first kappa shape index (κ1) is 15.3. The maximum absolute atomic E-state index is 11.3. The van der Waals surface area contributed by atoms with Crippen molar-refractivity contribution in [2.24, 2.45) is 0 Å². The minimum Gasteiger partial charge on any atom is -0.353 e. The van der Waals surface area contributed by atoms with Crippen molar-refractivity contribution in [1.82, 2.24) is 4.98 Å². The second kappa shape index (κ2) is 7.13. The molecule has 0 bridgehead atoms. The Kier molecular flexibility index (Phi) is 4.97. The molecule has 1 aliphatic heterocycles. The second-order valence-corrected chi connectivity index (χ2v) is 6.46. The molecule has 0 radical (unpaired) electrons. The van der Waals surface area contributed by atoms with Crippen molar-refractivity contribution in [3.05, 3.63) is 40.4 Å². The third-order valence-electron chi connectivity index (χ3n) is 3.64. The van der Waals surface area contributed by atoms with Gasteiger partial charge in [0.25, 0.3) is 0 Å². The van der Waals surface area contributed by atoms with E-state index in [9.17, 15) is 4.79 Å². The fraction of sp³-hybridized carbons (Fsp3) is 0.412. The molecular weight excluding hydrogens is 298 g/mol. The van der Waals surface area contributed by atoms with E-state index in [4.69, 9.17) is 9.47 Å². The predicted octanol–water partition coefficient (Wildman–Crippen LogP) is 3.97. The molecule has 5 heteroatoms. The number of carbonyl (C=O) groups is 1. The quantitative estimate of drug-likeness (QED) is 0.783. The maximum atomic E-state index is 11.3. The average molecular weight is 317 g/mol. The molecule has 1 aromatic carbocycles. The van der Waals surface area contributed by atoms with E-state index in [-0.39, 0.29) is 6.29 Å².